The van der Waals surface area contributed by atoms with E-state index in [0.29, 0.717) is 12.5 Å². The van der Waals surface area contributed by atoms with E-state index in [0.717, 1.165) is 18.9 Å². The molecule has 2 heterocycles. The van der Waals surface area contributed by atoms with Crippen LogP contribution >= 0.6 is 12.4 Å². The fourth-order valence-corrected chi connectivity index (χ4v) is 1.39. The molecule has 0 spiro atoms. The maximum atomic E-state index is 5.53. The minimum Gasteiger partial charge on any atom is -0.366 e. The number of ether oxygens (including phenoxy) is 1. The van der Waals surface area contributed by atoms with E-state index >= 15 is 0 Å². The molecule has 0 radical (unpaired) electrons. The summed E-state index contributed by atoms with van der Waals surface area (Å²) in [5.41, 5.74) is -0.0795. The lowest BCUT2D eigenvalue weighted by Crippen LogP contribution is -2.33. The van der Waals surface area contributed by atoms with E-state index in [-0.39, 0.29) is 23.9 Å². The summed E-state index contributed by atoms with van der Waals surface area (Å²) in [6, 6.07) is 0. The summed E-state index contributed by atoms with van der Waals surface area (Å²) in [4.78, 5) is 4.36. The van der Waals surface area contributed by atoms with Crippen molar-refractivity contribution in [3.05, 3.63) is 11.7 Å². The van der Waals surface area contributed by atoms with E-state index in [1.807, 2.05) is 0 Å². The van der Waals surface area contributed by atoms with Crippen LogP contribution in [0.5, 0.6) is 0 Å². The highest BCUT2D eigenvalue weighted by Gasteiger charge is 2.26. The number of nitrogens with one attached hydrogen (secondary N) is 1. The van der Waals surface area contributed by atoms with Crippen molar-refractivity contribution in [3.8, 4) is 0 Å². The predicted octanol–water partition coefficient (Wildman–Crippen LogP) is 1.45. The molecule has 6 heteroatoms. The first-order valence-corrected chi connectivity index (χ1v) is 5.24. The Balaban J connectivity index is 0.00000128. The van der Waals surface area contributed by atoms with Crippen LogP contribution in [0.1, 0.15) is 38.6 Å². The summed E-state index contributed by atoms with van der Waals surface area (Å²) < 4.78 is 10.7. The summed E-state index contributed by atoms with van der Waals surface area (Å²) in [5.74, 6) is 1.30. The second-order valence-electron chi connectivity index (χ2n) is 4.77. The molecule has 0 aromatic carbocycles. The van der Waals surface area contributed by atoms with Crippen molar-refractivity contribution in [3.63, 3.8) is 0 Å². The Morgan fingerprint density at radius 2 is 2.12 bits per heavy atom. The number of hydrogen-bond donors (Lipinski definition) is 1. The normalized spacial score (nSPS) is 21.6. The molecule has 1 aliphatic heterocycles. The zero-order valence-corrected chi connectivity index (χ0v) is 10.6. The van der Waals surface area contributed by atoms with Gasteiger partial charge in [-0.3, -0.25) is 0 Å². The summed E-state index contributed by atoms with van der Waals surface area (Å²) in [6.45, 7) is 8.49. The number of nitrogens with zero attached hydrogens (tertiary/aromatic N) is 2. The van der Waals surface area contributed by atoms with Gasteiger partial charge in [-0.25, -0.2) is 0 Å². The average Bonchev–Trinajstić information content (AvgIpc) is 2.67. The number of hydrogen-bond acceptors (Lipinski definition) is 5. The van der Waals surface area contributed by atoms with E-state index in [1.165, 1.54) is 0 Å². The summed E-state index contributed by atoms with van der Waals surface area (Å²) in [6.07, 6.45) is -0.0950. The van der Waals surface area contributed by atoms with Gasteiger partial charge in [0, 0.05) is 18.5 Å². The fourth-order valence-electron chi connectivity index (χ4n) is 1.39. The molecular weight excluding hydrogens is 230 g/mol. The van der Waals surface area contributed by atoms with Gasteiger partial charge in [0.2, 0.25) is 0 Å². The molecule has 16 heavy (non-hydrogen) atoms. The first-order valence-electron chi connectivity index (χ1n) is 5.24. The van der Waals surface area contributed by atoms with Crippen LogP contribution in [0, 0.1) is 0 Å². The Bertz CT molecular complexity index is 329. The molecule has 2 rings (SSSR count). The van der Waals surface area contributed by atoms with Crippen LogP contribution in [0.3, 0.4) is 0 Å². The van der Waals surface area contributed by atoms with Crippen molar-refractivity contribution in [2.24, 2.45) is 0 Å². The average molecular weight is 248 g/mol. The first kappa shape index (κ1) is 13.4. The van der Waals surface area contributed by atoms with Gasteiger partial charge in [-0.2, -0.15) is 4.98 Å². The van der Waals surface area contributed by atoms with Crippen LogP contribution in [-0.2, 0) is 10.2 Å². The number of rotatable bonds is 1. The highest BCUT2D eigenvalue weighted by Crippen LogP contribution is 2.22. The molecule has 1 fully saturated rings. The van der Waals surface area contributed by atoms with Crippen LogP contribution in [0.15, 0.2) is 4.52 Å². The van der Waals surface area contributed by atoms with Gasteiger partial charge < -0.3 is 14.6 Å². The maximum absolute atomic E-state index is 5.53. The maximum Gasteiger partial charge on any atom is 0.257 e. The van der Waals surface area contributed by atoms with Crippen LogP contribution in [0.4, 0.5) is 0 Å². The zero-order chi connectivity index (χ0) is 10.9. The van der Waals surface area contributed by atoms with Crippen molar-refractivity contribution in [1.29, 1.82) is 0 Å². The SMILES string of the molecule is CC(C)(C)c1noc(C2CNCCO2)n1.Cl. The molecule has 0 saturated carbocycles. The van der Waals surface area contributed by atoms with Gasteiger partial charge in [-0.15, -0.1) is 12.4 Å². The van der Waals surface area contributed by atoms with Crippen LogP contribution < -0.4 is 5.32 Å². The van der Waals surface area contributed by atoms with Crippen LogP contribution in [-0.4, -0.2) is 29.8 Å². The Kier molecular flexibility index (Phi) is 4.29. The largest absolute Gasteiger partial charge is 0.366 e. The molecule has 92 valence electrons. The topological polar surface area (TPSA) is 60.2 Å². The number of morpholine rings is 1. The molecule has 1 atom stereocenters. The van der Waals surface area contributed by atoms with Gasteiger partial charge in [-0.1, -0.05) is 25.9 Å². The lowest BCUT2D eigenvalue weighted by atomic mass is 9.96. The molecule has 1 aromatic heterocycles. The third-order valence-corrected chi connectivity index (χ3v) is 2.32. The predicted molar refractivity (Wildman–Crippen MR) is 61.8 cm³/mol. The molecule has 0 aliphatic carbocycles. The third kappa shape index (κ3) is 2.93. The minimum absolute atomic E-state index is 0. The molecule has 0 bridgehead atoms. The summed E-state index contributed by atoms with van der Waals surface area (Å²) in [7, 11) is 0. The molecule has 1 saturated heterocycles. The Morgan fingerprint density at radius 1 is 1.38 bits per heavy atom. The number of halogens is 1. The van der Waals surface area contributed by atoms with E-state index in [1.54, 1.807) is 0 Å². The van der Waals surface area contributed by atoms with Crippen molar-refractivity contribution in [2.75, 3.05) is 19.7 Å². The standard InChI is InChI=1S/C10H17N3O2.ClH/c1-10(2,3)9-12-8(15-13-9)7-6-11-4-5-14-7;/h7,11H,4-6H2,1-3H3;1H. The molecule has 1 aromatic rings. The quantitative estimate of drug-likeness (QED) is 0.814. The highest BCUT2D eigenvalue weighted by atomic mass is 35.5. The molecule has 1 aliphatic rings. The van der Waals surface area contributed by atoms with Gasteiger partial charge >= 0.3 is 0 Å². The molecule has 5 nitrogen and oxygen atoms in total. The Morgan fingerprint density at radius 3 is 2.62 bits per heavy atom. The van der Waals surface area contributed by atoms with Gasteiger partial charge in [0.25, 0.3) is 5.89 Å². The lowest BCUT2D eigenvalue weighted by Gasteiger charge is -2.20. The van der Waals surface area contributed by atoms with E-state index in [9.17, 15) is 0 Å². The molecule has 1 N–H and O–H groups in total. The summed E-state index contributed by atoms with van der Waals surface area (Å²) in [5, 5.41) is 7.20. The Labute approximate surface area is 101 Å². The van der Waals surface area contributed by atoms with Crippen molar-refractivity contribution < 1.29 is 9.26 Å². The molecule has 1 unspecified atom stereocenters. The second kappa shape index (κ2) is 5.12. The van der Waals surface area contributed by atoms with Crippen molar-refractivity contribution in [2.45, 2.75) is 32.3 Å². The summed E-state index contributed by atoms with van der Waals surface area (Å²) >= 11 is 0. The lowest BCUT2D eigenvalue weighted by molar-refractivity contribution is 0.00755. The van der Waals surface area contributed by atoms with Gasteiger partial charge in [0.15, 0.2) is 5.82 Å². The van der Waals surface area contributed by atoms with Crippen molar-refractivity contribution in [1.82, 2.24) is 15.5 Å². The van der Waals surface area contributed by atoms with E-state index in [4.69, 9.17) is 9.26 Å². The smallest absolute Gasteiger partial charge is 0.257 e. The zero-order valence-electron chi connectivity index (χ0n) is 9.82. The highest BCUT2D eigenvalue weighted by molar-refractivity contribution is 5.85. The van der Waals surface area contributed by atoms with Crippen LogP contribution in [0.25, 0.3) is 0 Å². The van der Waals surface area contributed by atoms with E-state index in [2.05, 4.69) is 36.2 Å². The number of aromatic nitrogens is 2. The van der Waals surface area contributed by atoms with Crippen molar-refractivity contribution >= 4 is 12.4 Å². The van der Waals surface area contributed by atoms with Gasteiger partial charge in [-0.05, 0) is 0 Å². The van der Waals surface area contributed by atoms with Crippen LogP contribution in [0.2, 0.25) is 0 Å². The van der Waals surface area contributed by atoms with E-state index < -0.39 is 0 Å². The third-order valence-electron chi connectivity index (χ3n) is 2.32. The second-order valence-corrected chi connectivity index (χ2v) is 4.77. The first-order chi connectivity index (χ1) is 7.07. The minimum atomic E-state index is -0.0950. The molecular formula is C10H18ClN3O2. The van der Waals surface area contributed by atoms with Gasteiger partial charge in [0.05, 0.1) is 6.61 Å². The molecule has 0 amide bonds. The fraction of sp³-hybridized carbons (Fsp3) is 0.800. The monoisotopic (exact) mass is 247 g/mol. The van der Waals surface area contributed by atoms with Gasteiger partial charge in [0.1, 0.15) is 6.10 Å². The Hall–Kier alpha value is -0.650.